The molecule has 0 radical (unpaired) electrons. The maximum Gasteiger partial charge on any atom is 0.228 e. The number of anilines is 1. The van der Waals surface area contributed by atoms with Gasteiger partial charge in [-0.15, -0.1) is 0 Å². The van der Waals surface area contributed by atoms with Gasteiger partial charge in [0.2, 0.25) is 15.9 Å². The summed E-state index contributed by atoms with van der Waals surface area (Å²) in [6.45, 7) is 4.65. The Kier molecular flexibility index (Phi) is 6.98. The minimum absolute atomic E-state index is 0.119. The van der Waals surface area contributed by atoms with Crippen LogP contribution in [0.15, 0.2) is 42.5 Å². The van der Waals surface area contributed by atoms with E-state index < -0.39 is 10.0 Å². The Morgan fingerprint density at radius 1 is 1.17 bits per heavy atom. The first-order chi connectivity index (χ1) is 13.8. The monoisotopic (exact) mass is 434 g/mol. The number of sulfonamides is 1. The molecule has 1 heterocycles. The largest absolute Gasteiger partial charge is 0.325 e. The van der Waals surface area contributed by atoms with Crippen LogP contribution < -0.4 is 5.32 Å². The zero-order valence-electron chi connectivity index (χ0n) is 16.8. The van der Waals surface area contributed by atoms with E-state index in [2.05, 4.69) is 5.32 Å². The molecule has 0 aliphatic carbocycles. The van der Waals surface area contributed by atoms with E-state index in [1.807, 2.05) is 32.0 Å². The number of nitrogens with one attached hydrogen (secondary N) is 1. The van der Waals surface area contributed by atoms with Crippen molar-refractivity contribution in [1.29, 1.82) is 0 Å². The summed E-state index contributed by atoms with van der Waals surface area (Å²) < 4.78 is 27.3. The number of halogens is 1. The average Bonchev–Trinajstić information content (AvgIpc) is 2.71. The number of nitrogens with zero attached hydrogens (tertiary/aromatic N) is 1. The minimum Gasteiger partial charge on any atom is -0.325 e. The number of hydrogen-bond donors (Lipinski definition) is 1. The zero-order chi connectivity index (χ0) is 21.0. The van der Waals surface area contributed by atoms with Crippen LogP contribution in [-0.4, -0.2) is 31.7 Å². The van der Waals surface area contributed by atoms with Crippen LogP contribution in [-0.2, 0) is 27.0 Å². The quantitative estimate of drug-likeness (QED) is 0.733. The number of para-hydroxylation sites is 1. The molecule has 3 rings (SSSR count). The topological polar surface area (TPSA) is 66.5 Å². The van der Waals surface area contributed by atoms with E-state index >= 15 is 0 Å². The molecule has 2 aromatic rings. The number of piperidine rings is 1. The van der Waals surface area contributed by atoms with Gasteiger partial charge in [-0.25, -0.2) is 12.7 Å². The summed E-state index contributed by atoms with van der Waals surface area (Å²) in [6.07, 6.45) is 2.16. The van der Waals surface area contributed by atoms with Crippen molar-refractivity contribution in [2.45, 2.75) is 38.9 Å². The Labute approximate surface area is 178 Å². The number of rotatable bonds is 6. The molecule has 0 spiro atoms. The normalized spacial score (nSPS) is 17.8. The molecule has 156 valence electrons. The second-order valence-corrected chi connectivity index (χ2v) is 9.87. The van der Waals surface area contributed by atoms with Crippen molar-refractivity contribution in [3.63, 3.8) is 0 Å². The Bertz CT molecular complexity index is 991. The standard InChI is InChI=1S/C22H27ClN2O3S/c1-3-17-10-6-8-16(2)21(17)24-22(26)18-11-7-13-25(14-18)29(27,28)15-19-9-4-5-12-20(19)23/h4-6,8-10,12,18H,3,7,11,13-15H2,1-2H3,(H,24,26). The van der Waals surface area contributed by atoms with Crippen molar-refractivity contribution in [2.24, 2.45) is 5.92 Å². The molecule has 1 N–H and O–H groups in total. The molecular formula is C22H27ClN2O3S. The number of hydrogen-bond acceptors (Lipinski definition) is 3. The molecule has 1 fully saturated rings. The zero-order valence-corrected chi connectivity index (χ0v) is 18.4. The summed E-state index contributed by atoms with van der Waals surface area (Å²) in [5.74, 6) is -0.639. The highest BCUT2D eigenvalue weighted by molar-refractivity contribution is 7.88. The van der Waals surface area contributed by atoms with Crippen LogP contribution in [0.5, 0.6) is 0 Å². The van der Waals surface area contributed by atoms with Crippen LogP contribution in [0.1, 0.15) is 36.5 Å². The molecule has 7 heteroatoms. The van der Waals surface area contributed by atoms with Gasteiger partial charge in [0.15, 0.2) is 0 Å². The fourth-order valence-corrected chi connectivity index (χ4v) is 5.66. The predicted octanol–water partition coefficient (Wildman–Crippen LogP) is 4.39. The number of benzene rings is 2. The first kappa shape index (κ1) is 21.8. The van der Waals surface area contributed by atoms with Gasteiger partial charge in [-0.1, -0.05) is 54.9 Å². The molecule has 1 saturated heterocycles. The molecule has 1 atom stereocenters. The van der Waals surface area contributed by atoms with Gasteiger partial charge in [-0.05, 0) is 48.9 Å². The molecule has 0 saturated carbocycles. The number of carbonyl (C=O) groups excluding carboxylic acids is 1. The van der Waals surface area contributed by atoms with Gasteiger partial charge in [-0.2, -0.15) is 0 Å². The molecular weight excluding hydrogens is 408 g/mol. The van der Waals surface area contributed by atoms with Crippen molar-refractivity contribution in [2.75, 3.05) is 18.4 Å². The number of carbonyl (C=O) groups is 1. The molecule has 1 aliphatic heterocycles. The van der Waals surface area contributed by atoms with Gasteiger partial charge in [-0.3, -0.25) is 4.79 Å². The highest BCUT2D eigenvalue weighted by atomic mass is 35.5. The third kappa shape index (κ3) is 5.18. The molecule has 2 aromatic carbocycles. The lowest BCUT2D eigenvalue weighted by Gasteiger charge is -2.31. The Hall–Kier alpha value is -1.89. The first-order valence-electron chi connectivity index (χ1n) is 9.92. The summed E-state index contributed by atoms with van der Waals surface area (Å²) >= 11 is 6.13. The second kappa shape index (κ2) is 9.28. The van der Waals surface area contributed by atoms with E-state index in [-0.39, 0.29) is 24.1 Å². The fraction of sp³-hybridized carbons (Fsp3) is 0.409. The number of aryl methyl sites for hydroxylation is 2. The minimum atomic E-state index is -3.55. The average molecular weight is 435 g/mol. The lowest BCUT2D eigenvalue weighted by atomic mass is 9.98. The van der Waals surface area contributed by atoms with Gasteiger partial charge in [0.1, 0.15) is 0 Å². The highest BCUT2D eigenvalue weighted by Gasteiger charge is 2.33. The van der Waals surface area contributed by atoms with Crippen LogP contribution >= 0.6 is 11.6 Å². The lowest BCUT2D eigenvalue weighted by Crippen LogP contribution is -2.44. The summed E-state index contributed by atoms with van der Waals surface area (Å²) in [5, 5.41) is 3.49. The molecule has 0 aromatic heterocycles. The smallest absolute Gasteiger partial charge is 0.228 e. The fourth-order valence-electron chi connectivity index (χ4n) is 3.74. The van der Waals surface area contributed by atoms with E-state index in [1.165, 1.54) is 4.31 Å². The summed E-state index contributed by atoms with van der Waals surface area (Å²) in [4.78, 5) is 12.9. The van der Waals surface area contributed by atoms with E-state index in [1.54, 1.807) is 24.3 Å². The first-order valence-corrected chi connectivity index (χ1v) is 11.9. The van der Waals surface area contributed by atoms with E-state index in [9.17, 15) is 13.2 Å². The van der Waals surface area contributed by atoms with Crippen LogP contribution in [0, 0.1) is 12.8 Å². The molecule has 0 bridgehead atoms. The van der Waals surface area contributed by atoms with Gasteiger partial charge in [0.05, 0.1) is 11.7 Å². The molecule has 1 aliphatic rings. The van der Waals surface area contributed by atoms with Crippen LogP contribution in [0.3, 0.4) is 0 Å². The van der Waals surface area contributed by atoms with Crippen LogP contribution in [0.4, 0.5) is 5.69 Å². The Balaban J connectivity index is 1.72. The van der Waals surface area contributed by atoms with E-state index in [0.717, 1.165) is 23.2 Å². The van der Waals surface area contributed by atoms with Gasteiger partial charge < -0.3 is 5.32 Å². The Morgan fingerprint density at radius 3 is 2.62 bits per heavy atom. The summed E-state index contributed by atoms with van der Waals surface area (Å²) in [5.41, 5.74) is 3.51. The van der Waals surface area contributed by atoms with Crippen molar-refractivity contribution in [3.05, 3.63) is 64.2 Å². The van der Waals surface area contributed by atoms with Crippen LogP contribution in [0.2, 0.25) is 5.02 Å². The second-order valence-electron chi connectivity index (χ2n) is 7.50. The maximum absolute atomic E-state index is 12.9. The van der Waals surface area contributed by atoms with Gasteiger partial charge >= 0.3 is 0 Å². The van der Waals surface area contributed by atoms with Gasteiger partial charge in [0, 0.05) is 23.8 Å². The summed E-state index contributed by atoms with van der Waals surface area (Å²) in [7, 11) is -3.55. The Morgan fingerprint density at radius 2 is 1.90 bits per heavy atom. The van der Waals surface area contributed by atoms with Crippen molar-refractivity contribution < 1.29 is 13.2 Å². The van der Waals surface area contributed by atoms with E-state index in [0.29, 0.717) is 30.0 Å². The van der Waals surface area contributed by atoms with Crippen molar-refractivity contribution in [3.8, 4) is 0 Å². The van der Waals surface area contributed by atoms with Crippen molar-refractivity contribution in [1.82, 2.24) is 4.31 Å². The number of amides is 1. The lowest BCUT2D eigenvalue weighted by molar-refractivity contribution is -0.120. The highest BCUT2D eigenvalue weighted by Crippen LogP contribution is 2.27. The third-order valence-electron chi connectivity index (χ3n) is 5.43. The SMILES string of the molecule is CCc1cccc(C)c1NC(=O)C1CCCN(S(=O)(=O)Cc2ccccc2Cl)C1. The molecule has 1 amide bonds. The van der Waals surface area contributed by atoms with Crippen molar-refractivity contribution >= 4 is 33.2 Å². The molecule has 5 nitrogen and oxygen atoms in total. The molecule has 29 heavy (non-hydrogen) atoms. The third-order valence-corrected chi connectivity index (χ3v) is 7.60. The maximum atomic E-state index is 12.9. The van der Waals surface area contributed by atoms with E-state index in [4.69, 9.17) is 11.6 Å². The predicted molar refractivity (Wildman–Crippen MR) is 118 cm³/mol. The van der Waals surface area contributed by atoms with Crippen LogP contribution in [0.25, 0.3) is 0 Å². The summed E-state index contributed by atoms with van der Waals surface area (Å²) in [6, 6.07) is 12.9. The van der Waals surface area contributed by atoms with Gasteiger partial charge in [0.25, 0.3) is 0 Å². The molecule has 1 unspecified atom stereocenters.